The van der Waals surface area contributed by atoms with E-state index in [2.05, 4.69) is 0 Å². The number of alkyl halides is 14. The van der Waals surface area contributed by atoms with Crippen molar-refractivity contribution in [3.63, 3.8) is 0 Å². The van der Waals surface area contributed by atoms with Gasteiger partial charge >= 0.3 is 48.0 Å². The number of carboxylic acids is 2. The third-order valence-electron chi connectivity index (χ3n) is 6.24. The van der Waals surface area contributed by atoms with Gasteiger partial charge in [-0.1, -0.05) is 0 Å². The quantitative estimate of drug-likeness (QED) is 0.169. The van der Waals surface area contributed by atoms with Crippen LogP contribution < -0.4 is 0 Å². The fraction of sp³-hybridized carbons (Fsp3) is 0.333. The van der Waals surface area contributed by atoms with E-state index in [1.165, 1.54) is 6.07 Å². The first kappa shape index (κ1) is 34.2. The standard InChI is InChI=1S/C12H7F14N.C12H7NO4/c13-7(14,9(17,18)11(21,22)23)1-5-3-27-4-6(5)2-8(15,16)10(19,20)12(24,25)26;14-11(15)8-5-7-2-1-6-3-4-9(13(6)7)10(8)12(16)17/h3-4,27H,1-2H2;1-5H,(H,14,15)(H,16,17). The lowest BCUT2D eigenvalue weighted by molar-refractivity contribution is -0.355. The number of rotatable bonds is 8. The molecule has 0 amide bonds. The second-order valence-electron chi connectivity index (χ2n) is 9.19. The Hall–Kier alpha value is -4.26. The molecule has 0 aliphatic carbocycles. The number of aromatic nitrogens is 2. The summed E-state index contributed by atoms with van der Waals surface area (Å²) in [5, 5.41) is 18.2. The fourth-order valence-electron chi connectivity index (χ4n) is 4.05. The summed E-state index contributed by atoms with van der Waals surface area (Å²) in [6.07, 6.45) is -18.2. The van der Waals surface area contributed by atoms with E-state index >= 15 is 0 Å². The molecular weight excluding hydrogens is 646 g/mol. The topological polar surface area (TPSA) is 94.8 Å². The van der Waals surface area contributed by atoms with E-state index in [0.717, 1.165) is 5.52 Å². The van der Waals surface area contributed by atoms with Gasteiger partial charge in [0, 0.05) is 36.3 Å². The first-order valence-electron chi connectivity index (χ1n) is 11.4. The van der Waals surface area contributed by atoms with Crippen LogP contribution in [0.5, 0.6) is 0 Å². The lowest BCUT2D eigenvalue weighted by Crippen LogP contribution is -2.53. The largest absolute Gasteiger partial charge is 0.478 e. The number of hydrogen-bond donors (Lipinski definition) is 3. The third kappa shape index (κ3) is 5.80. The number of carboxylic acid groups (broad SMARTS) is 2. The summed E-state index contributed by atoms with van der Waals surface area (Å²) < 4.78 is 178. The summed E-state index contributed by atoms with van der Waals surface area (Å²) in [7, 11) is 0. The lowest BCUT2D eigenvalue weighted by atomic mass is 9.96. The highest BCUT2D eigenvalue weighted by molar-refractivity contribution is 6.08. The molecule has 0 saturated heterocycles. The number of halogens is 14. The Kier molecular flexibility index (Phi) is 8.34. The molecule has 6 nitrogen and oxygen atoms in total. The molecule has 0 atom stereocenters. The van der Waals surface area contributed by atoms with Gasteiger partial charge in [0.25, 0.3) is 0 Å². The Balaban J connectivity index is 0.000000264. The molecule has 4 aromatic heterocycles. The molecule has 0 saturated carbocycles. The Morgan fingerprint density at radius 3 is 1.43 bits per heavy atom. The SMILES string of the molecule is FC(F)(F)C(F)(F)C(F)(F)Cc1c[nH]cc1CC(F)(F)C(F)(F)C(F)(F)F.O=C(O)c1cc2ccc3ccc(c1C(=O)O)n32. The van der Waals surface area contributed by atoms with Crippen LogP contribution in [-0.2, 0) is 12.8 Å². The smallest absolute Gasteiger partial charge is 0.459 e. The van der Waals surface area contributed by atoms with E-state index in [4.69, 9.17) is 10.2 Å². The van der Waals surface area contributed by atoms with Crippen molar-refractivity contribution in [2.75, 3.05) is 0 Å². The van der Waals surface area contributed by atoms with Crippen molar-refractivity contribution >= 4 is 28.5 Å². The minimum Gasteiger partial charge on any atom is -0.478 e. The lowest BCUT2D eigenvalue weighted by Gasteiger charge is -2.29. The van der Waals surface area contributed by atoms with Crippen LogP contribution in [0.25, 0.3) is 16.6 Å². The van der Waals surface area contributed by atoms with Gasteiger partial charge in [0.15, 0.2) is 0 Å². The van der Waals surface area contributed by atoms with E-state index in [9.17, 15) is 71.1 Å². The van der Waals surface area contributed by atoms with Gasteiger partial charge in [-0.05, 0) is 41.5 Å². The first-order chi connectivity index (χ1) is 19.8. The van der Waals surface area contributed by atoms with E-state index in [0.29, 0.717) is 11.0 Å². The minimum atomic E-state index is -6.74. The van der Waals surface area contributed by atoms with Crippen molar-refractivity contribution in [3.05, 3.63) is 65.0 Å². The van der Waals surface area contributed by atoms with Crippen molar-refractivity contribution < 1.29 is 81.3 Å². The van der Waals surface area contributed by atoms with E-state index in [1.807, 2.05) is 6.07 Å². The maximum absolute atomic E-state index is 13.3. The summed E-state index contributed by atoms with van der Waals surface area (Å²) in [6.45, 7) is 0. The summed E-state index contributed by atoms with van der Waals surface area (Å²) >= 11 is 0. The number of carbonyl (C=O) groups is 2. The van der Waals surface area contributed by atoms with Gasteiger partial charge in [-0.2, -0.15) is 61.5 Å². The maximum atomic E-state index is 13.3. The molecule has 44 heavy (non-hydrogen) atoms. The molecule has 0 radical (unpaired) electrons. The van der Waals surface area contributed by atoms with Gasteiger partial charge in [-0.25, -0.2) is 9.59 Å². The number of nitrogens with one attached hydrogen (secondary N) is 1. The van der Waals surface area contributed by atoms with Crippen LogP contribution in [0.3, 0.4) is 0 Å². The van der Waals surface area contributed by atoms with Gasteiger partial charge in [-0.15, -0.1) is 0 Å². The molecule has 0 aliphatic heterocycles. The molecule has 3 N–H and O–H groups in total. The summed E-state index contributed by atoms with van der Waals surface area (Å²) in [5.41, 5.74) is -1.24. The zero-order valence-corrected chi connectivity index (χ0v) is 20.9. The predicted octanol–water partition coefficient (Wildman–Crippen LogP) is 7.69. The summed E-state index contributed by atoms with van der Waals surface area (Å²) in [6, 6.07) is 8.35. The highest BCUT2D eigenvalue weighted by atomic mass is 19.4. The van der Waals surface area contributed by atoms with Crippen LogP contribution in [0, 0.1) is 0 Å². The van der Waals surface area contributed by atoms with Gasteiger partial charge in [0.05, 0.1) is 16.6 Å². The normalized spacial score (nSPS) is 13.8. The Labute approximate surface area is 233 Å². The van der Waals surface area contributed by atoms with Crippen LogP contribution in [-0.4, -0.2) is 67.6 Å². The van der Waals surface area contributed by atoms with Crippen molar-refractivity contribution in [3.8, 4) is 0 Å². The molecule has 4 aromatic rings. The van der Waals surface area contributed by atoms with Crippen LogP contribution in [0.2, 0.25) is 0 Å². The predicted molar refractivity (Wildman–Crippen MR) is 120 cm³/mol. The monoisotopic (exact) mass is 660 g/mol. The van der Waals surface area contributed by atoms with E-state index in [1.54, 1.807) is 27.6 Å². The van der Waals surface area contributed by atoms with Crippen LogP contribution >= 0.6 is 0 Å². The summed E-state index contributed by atoms with van der Waals surface area (Å²) in [4.78, 5) is 24.0. The van der Waals surface area contributed by atoms with Gasteiger partial charge < -0.3 is 19.6 Å². The molecule has 0 spiro atoms. The highest BCUT2D eigenvalue weighted by Crippen LogP contribution is 2.50. The average molecular weight is 660 g/mol. The molecule has 0 fully saturated rings. The van der Waals surface area contributed by atoms with Gasteiger partial charge in [0.1, 0.15) is 0 Å². The zero-order chi connectivity index (χ0) is 33.8. The van der Waals surface area contributed by atoms with Crippen LogP contribution in [0.15, 0.2) is 42.7 Å². The fourth-order valence-corrected chi connectivity index (χ4v) is 4.05. The van der Waals surface area contributed by atoms with Crippen LogP contribution in [0.4, 0.5) is 61.5 Å². The average Bonchev–Trinajstić information content (AvgIpc) is 3.58. The molecule has 0 unspecified atom stereocenters. The summed E-state index contributed by atoms with van der Waals surface area (Å²) in [5.74, 6) is -27.5. The molecule has 4 rings (SSSR count). The molecule has 4 heterocycles. The van der Waals surface area contributed by atoms with Crippen LogP contribution in [0.1, 0.15) is 31.8 Å². The zero-order valence-electron chi connectivity index (χ0n) is 20.9. The Morgan fingerprint density at radius 1 is 0.636 bits per heavy atom. The highest BCUT2D eigenvalue weighted by Gasteiger charge is 2.74. The number of nitrogens with zero attached hydrogens (tertiary/aromatic N) is 1. The number of pyridine rings is 1. The van der Waals surface area contributed by atoms with Crippen molar-refractivity contribution in [2.24, 2.45) is 0 Å². The third-order valence-corrected chi connectivity index (χ3v) is 6.24. The molecule has 0 aliphatic rings. The minimum absolute atomic E-state index is 0.170. The molecular formula is C24H14F14N2O4. The Morgan fingerprint density at radius 2 is 1.05 bits per heavy atom. The molecule has 0 aromatic carbocycles. The number of H-pyrrole nitrogens is 1. The Bertz CT molecular complexity index is 1610. The second-order valence-corrected chi connectivity index (χ2v) is 9.19. The van der Waals surface area contributed by atoms with Crippen molar-refractivity contribution in [2.45, 2.75) is 48.9 Å². The van der Waals surface area contributed by atoms with E-state index < -0.39 is 71.9 Å². The molecule has 0 bridgehead atoms. The first-order valence-corrected chi connectivity index (χ1v) is 11.4. The van der Waals surface area contributed by atoms with E-state index in [-0.39, 0.29) is 23.5 Å². The second kappa shape index (κ2) is 10.7. The number of aromatic amines is 1. The van der Waals surface area contributed by atoms with Gasteiger partial charge in [-0.3, -0.25) is 0 Å². The molecule has 20 heteroatoms. The van der Waals surface area contributed by atoms with Crippen molar-refractivity contribution in [1.29, 1.82) is 0 Å². The van der Waals surface area contributed by atoms with Gasteiger partial charge in [0.2, 0.25) is 0 Å². The maximum Gasteiger partial charge on any atom is 0.459 e. The number of hydrogen-bond acceptors (Lipinski definition) is 2. The number of aromatic carboxylic acids is 2. The van der Waals surface area contributed by atoms with Crippen molar-refractivity contribution in [1.82, 2.24) is 9.38 Å². The molecule has 242 valence electrons.